The minimum absolute atomic E-state index is 0.165. The molecule has 0 bridgehead atoms. The number of nitrogens with one attached hydrogen (secondary N) is 1. The number of nitrogens with zero attached hydrogens (tertiary/aromatic N) is 6. The summed E-state index contributed by atoms with van der Waals surface area (Å²) in [5, 5.41) is 4.66. The molecule has 2 saturated heterocycles. The normalized spacial score (nSPS) is 16.0. The van der Waals surface area contributed by atoms with E-state index >= 15 is 0 Å². The maximum atomic E-state index is 13.3. The van der Waals surface area contributed by atoms with Crippen LogP contribution < -0.4 is 16.2 Å². The molecule has 1 aromatic carbocycles. The lowest BCUT2D eigenvalue weighted by molar-refractivity contribution is 0.0300. The molecule has 0 atom stereocenters. The molecule has 14 heteroatoms. The molecule has 5 aromatic rings. The van der Waals surface area contributed by atoms with Gasteiger partial charge in [-0.2, -0.15) is 0 Å². The van der Waals surface area contributed by atoms with Crippen LogP contribution in [0.15, 0.2) is 70.8 Å². The number of hydrogen-bond donors (Lipinski definition) is 1. The maximum absolute atomic E-state index is 13.3. The molecule has 0 spiro atoms. The summed E-state index contributed by atoms with van der Waals surface area (Å²) >= 11 is 5.90. The zero-order valence-corrected chi connectivity index (χ0v) is 30.6. The van der Waals surface area contributed by atoms with E-state index in [4.69, 9.17) is 21.1 Å². The van der Waals surface area contributed by atoms with Crippen LogP contribution in [0.4, 0.5) is 5.82 Å². The van der Waals surface area contributed by atoms with Crippen molar-refractivity contribution in [2.24, 2.45) is 0 Å². The number of ether oxygens (including phenoxy) is 2. The fourth-order valence-corrected chi connectivity index (χ4v) is 7.36. The molecule has 0 unspecified atom stereocenters. The third-order valence-corrected chi connectivity index (χ3v) is 10.2. The Morgan fingerprint density at radius 3 is 1.72 bits per heavy atom. The van der Waals surface area contributed by atoms with Crippen LogP contribution in [0.3, 0.4) is 0 Å². The minimum atomic E-state index is -0.305. The highest BCUT2D eigenvalue weighted by atomic mass is 35.5. The molecule has 2 aliphatic heterocycles. The zero-order valence-electron chi connectivity index (χ0n) is 29.8. The van der Waals surface area contributed by atoms with Gasteiger partial charge in [0.05, 0.1) is 60.6 Å². The van der Waals surface area contributed by atoms with Gasteiger partial charge in [0.1, 0.15) is 22.1 Å². The van der Waals surface area contributed by atoms with Crippen LogP contribution in [0.1, 0.15) is 45.7 Å². The zero-order chi connectivity index (χ0) is 37.1. The van der Waals surface area contributed by atoms with Crippen LogP contribution in [0.2, 0.25) is 5.15 Å². The molecule has 1 N–H and O–H groups in total. The number of carbonyl (C=O) groups excluding carboxylic acids is 2. The number of hydrogen-bond acceptors (Lipinski definition) is 9. The highest BCUT2D eigenvalue weighted by Crippen LogP contribution is 2.25. The maximum Gasteiger partial charge on any atom is 0.259 e. The summed E-state index contributed by atoms with van der Waals surface area (Å²) in [7, 11) is 0. The Labute approximate surface area is 311 Å². The Balaban J connectivity index is 0.000000174. The standard InChI is InChI=1S/C24H26N4O3.C15H16ClN3O3/c1-2-27-15-20(24(30)28-7-9-31-10-8-28)23(29)19-13-22(25-14-21(19)27)26-18-11-16-5-3-4-6-17(16)12-18;1-2-18-9-11(15(21)19-3-5-22-6-4-19)14(20)10-7-13(16)17-8-12(10)18/h3-6,13-15,18H,2,7-12H2,1H3,(H,25,26);7-9H,2-6H2,1H3. The van der Waals surface area contributed by atoms with Crippen LogP contribution >= 0.6 is 11.6 Å². The first kappa shape index (κ1) is 36.3. The van der Waals surface area contributed by atoms with Gasteiger partial charge < -0.3 is 33.7 Å². The summed E-state index contributed by atoms with van der Waals surface area (Å²) in [5.74, 6) is 0.182. The molecule has 53 heavy (non-hydrogen) atoms. The average Bonchev–Trinajstić information content (AvgIpc) is 3.61. The van der Waals surface area contributed by atoms with E-state index in [2.05, 4.69) is 39.6 Å². The minimum Gasteiger partial charge on any atom is -0.378 e. The van der Waals surface area contributed by atoms with Crippen molar-refractivity contribution >= 4 is 51.0 Å². The van der Waals surface area contributed by atoms with Crippen LogP contribution in [-0.4, -0.2) is 99.4 Å². The Morgan fingerprint density at radius 2 is 1.23 bits per heavy atom. The molecule has 1 aliphatic carbocycles. The molecule has 3 aliphatic rings. The Kier molecular flexibility index (Phi) is 10.9. The topological polar surface area (TPSA) is 141 Å². The second-order valence-electron chi connectivity index (χ2n) is 13.3. The largest absolute Gasteiger partial charge is 0.378 e. The van der Waals surface area contributed by atoms with Gasteiger partial charge >= 0.3 is 0 Å². The van der Waals surface area contributed by atoms with Crippen molar-refractivity contribution in [3.63, 3.8) is 0 Å². The van der Waals surface area contributed by atoms with Gasteiger partial charge in [-0.3, -0.25) is 19.2 Å². The van der Waals surface area contributed by atoms with Crippen molar-refractivity contribution in [3.8, 4) is 0 Å². The van der Waals surface area contributed by atoms with Crippen molar-refractivity contribution in [3.05, 3.63) is 109 Å². The molecule has 6 heterocycles. The van der Waals surface area contributed by atoms with E-state index in [0.717, 1.165) is 18.4 Å². The van der Waals surface area contributed by atoms with E-state index in [1.165, 1.54) is 17.2 Å². The molecule has 0 radical (unpaired) electrons. The van der Waals surface area contributed by atoms with Crippen LogP contribution in [-0.2, 0) is 35.4 Å². The van der Waals surface area contributed by atoms with Gasteiger partial charge in [0, 0.05) is 57.7 Å². The van der Waals surface area contributed by atoms with Crippen molar-refractivity contribution in [2.45, 2.75) is 45.8 Å². The second-order valence-corrected chi connectivity index (χ2v) is 13.6. The Bertz CT molecular complexity index is 2270. The molecule has 8 rings (SSSR count). The van der Waals surface area contributed by atoms with E-state index in [1.807, 2.05) is 23.0 Å². The molecule has 13 nitrogen and oxygen atoms in total. The lowest BCUT2D eigenvalue weighted by Crippen LogP contribution is -2.42. The fourth-order valence-electron chi connectivity index (χ4n) is 7.20. The van der Waals surface area contributed by atoms with E-state index < -0.39 is 0 Å². The van der Waals surface area contributed by atoms with Crippen LogP contribution in [0.25, 0.3) is 21.8 Å². The third kappa shape index (κ3) is 7.55. The molecule has 4 aromatic heterocycles. The van der Waals surface area contributed by atoms with Gasteiger partial charge in [0.25, 0.3) is 11.8 Å². The molecular weight excluding hydrogens is 698 g/mol. The summed E-state index contributed by atoms with van der Waals surface area (Å²) in [4.78, 5) is 63.6. The highest BCUT2D eigenvalue weighted by molar-refractivity contribution is 6.30. The molecule has 276 valence electrons. The molecule has 2 amide bonds. The van der Waals surface area contributed by atoms with Crippen molar-refractivity contribution in [1.29, 1.82) is 0 Å². The van der Waals surface area contributed by atoms with Crippen molar-refractivity contribution in [2.75, 3.05) is 57.9 Å². The summed E-state index contributed by atoms with van der Waals surface area (Å²) in [5.41, 5.74) is 3.96. The van der Waals surface area contributed by atoms with E-state index in [0.29, 0.717) is 87.8 Å². The smallest absolute Gasteiger partial charge is 0.259 e. The first-order chi connectivity index (χ1) is 25.7. The number of rotatable bonds is 6. The van der Waals surface area contributed by atoms with Crippen LogP contribution in [0, 0.1) is 0 Å². The lowest BCUT2D eigenvalue weighted by atomic mass is 10.1. The monoisotopic (exact) mass is 739 g/mol. The number of carbonyl (C=O) groups is 2. The highest BCUT2D eigenvalue weighted by Gasteiger charge is 2.25. The van der Waals surface area contributed by atoms with Gasteiger partial charge in [0.15, 0.2) is 0 Å². The van der Waals surface area contributed by atoms with E-state index in [9.17, 15) is 19.2 Å². The summed E-state index contributed by atoms with van der Waals surface area (Å²) in [6, 6.07) is 12.0. The number of fused-ring (bicyclic) bond motifs is 3. The van der Waals surface area contributed by atoms with Crippen LogP contribution in [0.5, 0.6) is 0 Å². The van der Waals surface area contributed by atoms with Crippen molar-refractivity contribution < 1.29 is 19.1 Å². The SMILES string of the molecule is CCn1cc(C(=O)N2CCOCC2)c(=O)c2cc(Cl)ncc21.CCn1cc(C(=O)N2CCOCC2)c(=O)c2cc(NC3Cc4ccccc4C3)ncc21. The van der Waals surface area contributed by atoms with Gasteiger partial charge in [-0.25, -0.2) is 9.97 Å². The number of pyridine rings is 4. The Morgan fingerprint density at radius 1 is 0.755 bits per heavy atom. The summed E-state index contributed by atoms with van der Waals surface area (Å²) < 4.78 is 14.3. The number of amides is 2. The summed E-state index contributed by atoms with van der Waals surface area (Å²) in [6.07, 6.45) is 8.44. The molecule has 0 saturated carbocycles. The summed E-state index contributed by atoms with van der Waals surface area (Å²) in [6.45, 7) is 9.23. The number of anilines is 1. The van der Waals surface area contributed by atoms with E-state index in [1.54, 1.807) is 40.7 Å². The third-order valence-electron chi connectivity index (χ3n) is 10.0. The number of benzene rings is 1. The van der Waals surface area contributed by atoms with Gasteiger partial charge in [-0.1, -0.05) is 35.9 Å². The molecular formula is C39H42ClN7O6. The number of halogens is 1. The first-order valence-corrected chi connectivity index (χ1v) is 18.4. The van der Waals surface area contributed by atoms with Crippen molar-refractivity contribution in [1.82, 2.24) is 28.9 Å². The Hall–Kier alpha value is -5.11. The first-order valence-electron chi connectivity index (χ1n) is 18.0. The second kappa shape index (κ2) is 15.9. The molecule has 2 fully saturated rings. The van der Waals surface area contributed by atoms with Gasteiger partial charge in [-0.05, 0) is 49.9 Å². The number of aromatic nitrogens is 4. The van der Waals surface area contributed by atoms with E-state index in [-0.39, 0.29) is 45.0 Å². The van der Waals surface area contributed by atoms with Gasteiger partial charge in [0.2, 0.25) is 10.9 Å². The lowest BCUT2D eigenvalue weighted by Gasteiger charge is -2.27. The number of aryl methyl sites for hydroxylation is 2. The fraction of sp³-hybridized carbons (Fsp3) is 0.385. The average molecular weight is 740 g/mol. The predicted octanol–water partition coefficient (Wildman–Crippen LogP) is 4.01. The number of morpholine rings is 2. The quantitative estimate of drug-likeness (QED) is 0.256. The predicted molar refractivity (Wildman–Crippen MR) is 203 cm³/mol. The van der Waals surface area contributed by atoms with Gasteiger partial charge in [-0.15, -0.1) is 0 Å².